The minimum atomic E-state index is -0.449. The van der Waals surface area contributed by atoms with Crippen molar-refractivity contribution >= 4 is 35.1 Å². The fraction of sp³-hybridized carbons (Fsp3) is 0.364. The van der Waals surface area contributed by atoms with Crippen LogP contribution in [0.4, 0.5) is 5.69 Å². The number of piperazine rings is 1. The third-order valence-electron chi connectivity index (χ3n) is 4.97. The molecule has 2 amide bonds. The van der Waals surface area contributed by atoms with Gasteiger partial charge in [-0.15, -0.1) is 0 Å². The van der Waals surface area contributed by atoms with Gasteiger partial charge in [-0.3, -0.25) is 14.5 Å². The summed E-state index contributed by atoms with van der Waals surface area (Å²) in [5.41, 5.74) is 1.68. The minimum Gasteiger partial charge on any atom is -0.462 e. The molecule has 9 heteroatoms. The zero-order chi connectivity index (χ0) is 22.4. The summed E-state index contributed by atoms with van der Waals surface area (Å²) >= 11 is 6.07. The van der Waals surface area contributed by atoms with Gasteiger partial charge in [-0.2, -0.15) is 0 Å². The lowest BCUT2D eigenvalue weighted by atomic mass is 10.1. The third kappa shape index (κ3) is 5.80. The lowest BCUT2D eigenvalue weighted by Gasteiger charge is -2.34. The van der Waals surface area contributed by atoms with Crippen molar-refractivity contribution < 1.29 is 19.1 Å². The second-order valence-electron chi connectivity index (χ2n) is 7.15. The highest BCUT2D eigenvalue weighted by molar-refractivity contribution is 6.33. The molecule has 0 unspecified atom stereocenters. The summed E-state index contributed by atoms with van der Waals surface area (Å²) in [5.74, 6) is -0.798. The van der Waals surface area contributed by atoms with Crippen molar-refractivity contribution in [2.75, 3.05) is 44.6 Å². The number of pyridine rings is 1. The number of hydrogen-bond acceptors (Lipinski definition) is 6. The molecule has 1 saturated heterocycles. The molecule has 1 N–H and O–H groups in total. The first-order chi connectivity index (χ1) is 14.9. The van der Waals surface area contributed by atoms with Crippen LogP contribution in [0.5, 0.6) is 0 Å². The molecule has 1 aromatic carbocycles. The van der Waals surface area contributed by atoms with E-state index in [1.54, 1.807) is 55.1 Å². The van der Waals surface area contributed by atoms with Gasteiger partial charge in [0.2, 0.25) is 5.91 Å². The number of carbonyl (C=O) groups excluding carboxylic acids is 3. The SMILES string of the molecule is CCOC(=O)c1ccc(C(=O)N2CCN(CC(=O)Nc3ccccc3Cl)CC2)nc1C. The van der Waals surface area contributed by atoms with Crippen LogP contribution < -0.4 is 5.32 Å². The largest absolute Gasteiger partial charge is 0.462 e. The lowest BCUT2D eigenvalue weighted by Crippen LogP contribution is -2.50. The molecule has 8 nitrogen and oxygen atoms in total. The summed E-state index contributed by atoms with van der Waals surface area (Å²) < 4.78 is 4.99. The summed E-state index contributed by atoms with van der Waals surface area (Å²) in [5, 5.41) is 3.29. The zero-order valence-corrected chi connectivity index (χ0v) is 18.3. The normalized spacial score (nSPS) is 14.2. The molecule has 164 valence electrons. The van der Waals surface area contributed by atoms with Crippen molar-refractivity contribution in [3.05, 3.63) is 58.4 Å². The van der Waals surface area contributed by atoms with E-state index in [-0.39, 0.29) is 30.7 Å². The van der Waals surface area contributed by atoms with Crippen molar-refractivity contribution in [1.29, 1.82) is 0 Å². The van der Waals surface area contributed by atoms with Gasteiger partial charge in [0.1, 0.15) is 5.69 Å². The molecule has 0 saturated carbocycles. The fourth-order valence-corrected chi connectivity index (χ4v) is 3.51. The third-order valence-corrected chi connectivity index (χ3v) is 5.30. The Morgan fingerprint density at radius 1 is 1.10 bits per heavy atom. The number of esters is 1. The number of nitrogens with one attached hydrogen (secondary N) is 1. The van der Waals surface area contributed by atoms with Crippen LogP contribution in [0, 0.1) is 6.92 Å². The average Bonchev–Trinajstić information content (AvgIpc) is 2.75. The Bertz CT molecular complexity index is 974. The molecule has 0 bridgehead atoms. The number of aryl methyl sites for hydroxylation is 1. The average molecular weight is 445 g/mol. The predicted octanol–water partition coefficient (Wildman–Crippen LogP) is 2.62. The van der Waals surface area contributed by atoms with E-state index in [1.807, 2.05) is 4.90 Å². The van der Waals surface area contributed by atoms with Crippen LogP contribution in [-0.4, -0.2) is 71.9 Å². The van der Waals surface area contributed by atoms with Gasteiger partial charge in [0.15, 0.2) is 0 Å². The number of hydrogen-bond donors (Lipinski definition) is 1. The van der Waals surface area contributed by atoms with E-state index in [2.05, 4.69) is 10.3 Å². The fourth-order valence-electron chi connectivity index (χ4n) is 3.33. The first-order valence-electron chi connectivity index (χ1n) is 10.1. The van der Waals surface area contributed by atoms with Crippen molar-refractivity contribution in [3.63, 3.8) is 0 Å². The number of ether oxygens (including phenoxy) is 1. The van der Waals surface area contributed by atoms with Crippen LogP contribution in [0.15, 0.2) is 36.4 Å². The highest BCUT2D eigenvalue weighted by Gasteiger charge is 2.25. The van der Waals surface area contributed by atoms with E-state index >= 15 is 0 Å². The molecule has 0 radical (unpaired) electrons. The monoisotopic (exact) mass is 444 g/mol. The summed E-state index contributed by atoms with van der Waals surface area (Å²) in [4.78, 5) is 45.0. The number of benzene rings is 1. The van der Waals surface area contributed by atoms with Crippen molar-refractivity contribution in [3.8, 4) is 0 Å². The molecule has 0 atom stereocenters. The minimum absolute atomic E-state index is 0.153. The Morgan fingerprint density at radius 2 is 1.81 bits per heavy atom. The smallest absolute Gasteiger partial charge is 0.339 e. The molecule has 0 aliphatic carbocycles. The maximum atomic E-state index is 12.8. The molecule has 1 fully saturated rings. The number of halogens is 1. The lowest BCUT2D eigenvalue weighted by molar-refractivity contribution is -0.117. The Hall–Kier alpha value is -2.97. The number of para-hydroxylation sites is 1. The molecule has 1 aliphatic heterocycles. The van der Waals surface area contributed by atoms with Gasteiger partial charge in [-0.1, -0.05) is 23.7 Å². The van der Waals surface area contributed by atoms with E-state index in [9.17, 15) is 14.4 Å². The predicted molar refractivity (Wildman–Crippen MR) is 117 cm³/mol. The quantitative estimate of drug-likeness (QED) is 0.688. The number of rotatable bonds is 6. The molecular weight excluding hydrogens is 420 g/mol. The van der Waals surface area contributed by atoms with Gasteiger partial charge in [0.05, 0.1) is 35.1 Å². The van der Waals surface area contributed by atoms with E-state index < -0.39 is 5.97 Å². The zero-order valence-electron chi connectivity index (χ0n) is 17.6. The number of carbonyl (C=O) groups is 3. The van der Waals surface area contributed by atoms with Crippen molar-refractivity contribution in [2.24, 2.45) is 0 Å². The van der Waals surface area contributed by atoms with Gasteiger partial charge >= 0.3 is 5.97 Å². The van der Waals surface area contributed by atoms with Gasteiger partial charge in [0.25, 0.3) is 5.91 Å². The summed E-state index contributed by atoms with van der Waals surface area (Å²) in [7, 11) is 0. The van der Waals surface area contributed by atoms with Gasteiger partial charge in [0, 0.05) is 26.2 Å². The van der Waals surface area contributed by atoms with Crippen LogP contribution in [0.2, 0.25) is 5.02 Å². The standard InChI is InChI=1S/C22H25ClN4O4/c1-3-31-22(30)16-8-9-19(24-15(16)2)21(29)27-12-10-26(11-13-27)14-20(28)25-18-7-5-4-6-17(18)23/h4-9H,3,10-14H2,1-2H3,(H,25,28). The maximum Gasteiger partial charge on any atom is 0.339 e. The van der Waals surface area contributed by atoms with E-state index in [4.69, 9.17) is 16.3 Å². The summed E-state index contributed by atoms with van der Waals surface area (Å²) in [6, 6.07) is 10.2. The molecule has 1 aliphatic rings. The van der Waals surface area contributed by atoms with Crippen LogP contribution in [0.25, 0.3) is 0 Å². The highest BCUT2D eigenvalue weighted by Crippen LogP contribution is 2.20. The summed E-state index contributed by atoms with van der Waals surface area (Å²) in [6.07, 6.45) is 0. The molecule has 2 heterocycles. The Kier molecular flexibility index (Phi) is 7.59. The first kappa shape index (κ1) is 22.7. The van der Waals surface area contributed by atoms with E-state index in [0.29, 0.717) is 48.1 Å². The van der Waals surface area contributed by atoms with Gasteiger partial charge < -0.3 is 15.0 Å². The second kappa shape index (κ2) is 10.4. The van der Waals surface area contributed by atoms with E-state index in [0.717, 1.165) is 0 Å². The van der Waals surface area contributed by atoms with Crippen molar-refractivity contribution in [2.45, 2.75) is 13.8 Å². The molecule has 3 rings (SSSR count). The first-order valence-corrected chi connectivity index (χ1v) is 10.5. The van der Waals surface area contributed by atoms with Crippen molar-refractivity contribution in [1.82, 2.24) is 14.8 Å². The number of anilines is 1. The molecule has 1 aromatic heterocycles. The maximum absolute atomic E-state index is 12.8. The Labute approximate surface area is 186 Å². The van der Waals surface area contributed by atoms with Crippen LogP contribution >= 0.6 is 11.6 Å². The molecule has 0 spiro atoms. The van der Waals surface area contributed by atoms with Gasteiger partial charge in [-0.05, 0) is 38.1 Å². The topological polar surface area (TPSA) is 91.8 Å². The molecular formula is C22H25ClN4O4. The van der Waals surface area contributed by atoms with Crippen LogP contribution in [0.3, 0.4) is 0 Å². The Morgan fingerprint density at radius 3 is 2.45 bits per heavy atom. The van der Waals surface area contributed by atoms with Gasteiger partial charge in [-0.25, -0.2) is 9.78 Å². The highest BCUT2D eigenvalue weighted by atomic mass is 35.5. The number of nitrogens with zero attached hydrogens (tertiary/aromatic N) is 3. The van der Waals surface area contributed by atoms with E-state index in [1.165, 1.54) is 0 Å². The number of aromatic nitrogens is 1. The van der Waals surface area contributed by atoms with Crippen LogP contribution in [0.1, 0.15) is 33.5 Å². The molecule has 2 aromatic rings. The summed E-state index contributed by atoms with van der Waals surface area (Å²) in [6.45, 7) is 6.02. The second-order valence-corrected chi connectivity index (χ2v) is 7.55. The van der Waals surface area contributed by atoms with Crippen LogP contribution in [-0.2, 0) is 9.53 Å². The number of amides is 2. The molecule has 31 heavy (non-hydrogen) atoms. The Balaban J connectivity index is 1.53.